The number of hydrogen-bond donors (Lipinski definition) is 2. The van der Waals surface area contributed by atoms with Crippen LogP contribution in [0.4, 0.5) is 8.78 Å². The van der Waals surface area contributed by atoms with Gasteiger partial charge in [0.05, 0.1) is 0 Å². The van der Waals surface area contributed by atoms with Crippen LogP contribution in [-0.4, -0.2) is 11.7 Å². The first-order valence-corrected chi connectivity index (χ1v) is 3.97. The number of hydrogen-bond acceptors (Lipinski definition) is 2. The van der Waals surface area contributed by atoms with Crippen LogP contribution in [-0.2, 0) is 0 Å². The molecule has 0 fully saturated rings. The highest BCUT2D eigenvalue weighted by molar-refractivity contribution is 5.34. The Kier molecular flexibility index (Phi) is 3.19. The molecule has 2 nitrogen and oxygen atoms in total. The molecular weight excluding hydrogens is 176 g/mol. The summed E-state index contributed by atoms with van der Waals surface area (Å²) in [7, 11) is 0. The van der Waals surface area contributed by atoms with E-state index in [1.165, 1.54) is 0 Å². The first kappa shape index (κ1) is 9.92. The van der Waals surface area contributed by atoms with E-state index in [4.69, 9.17) is 5.73 Å². The Labute approximate surface area is 75.0 Å². The van der Waals surface area contributed by atoms with E-state index in [0.717, 1.165) is 18.2 Å². The van der Waals surface area contributed by atoms with E-state index in [2.05, 4.69) is 0 Å². The SMILES string of the molecule is NCCC(F)c1cc(F)ccc1O. The largest absolute Gasteiger partial charge is 0.508 e. The maximum absolute atomic E-state index is 13.2. The number of phenols is 1. The van der Waals surface area contributed by atoms with Crippen molar-refractivity contribution in [1.29, 1.82) is 0 Å². The molecule has 13 heavy (non-hydrogen) atoms. The van der Waals surface area contributed by atoms with Gasteiger partial charge in [0.1, 0.15) is 17.7 Å². The van der Waals surface area contributed by atoms with E-state index in [1.54, 1.807) is 0 Å². The van der Waals surface area contributed by atoms with Crippen molar-refractivity contribution in [3.05, 3.63) is 29.6 Å². The fraction of sp³-hybridized carbons (Fsp3) is 0.333. The summed E-state index contributed by atoms with van der Waals surface area (Å²) in [5.41, 5.74) is 5.10. The van der Waals surface area contributed by atoms with Crippen LogP contribution in [0.2, 0.25) is 0 Å². The van der Waals surface area contributed by atoms with Crippen LogP contribution >= 0.6 is 0 Å². The smallest absolute Gasteiger partial charge is 0.130 e. The molecule has 1 aromatic carbocycles. The molecule has 0 saturated carbocycles. The van der Waals surface area contributed by atoms with Gasteiger partial charge in [-0.3, -0.25) is 0 Å². The molecule has 1 rings (SSSR count). The second kappa shape index (κ2) is 4.18. The van der Waals surface area contributed by atoms with Crippen molar-refractivity contribution in [3.8, 4) is 5.75 Å². The summed E-state index contributed by atoms with van der Waals surface area (Å²) in [5.74, 6) is -0.796. The molecule has 3 N–H and O–H groups in total. The summed E-state index contributed by atoms with van der Waals surface area (Å²) in [4.78, 5) is 0. The Balaban J connectivity index is 2.91. The van der Waals surface area contributed by atoms with Crippen molar-refractivity contribution >= 4 is 0 Å². The van der Waals surface area contributed by atoms with Gasteiger partial charge in [0.15, 0.2) is 0 Å². The summed E-state index contributed by atoms with van der Waals surface area (Å²) in [5, 5.41) is 9.18. The molecule has 1 unspecified atom stereocenters. The molecule has 0 saturated heterocycles. The lowest BCUT2D eigenvalue weighted by atomic mass is 10.1. The van der Waals surface area contributed by atoms with Crippen LogP contribution in [0.3, 0.4) is 0 Å². The summed E-state index contributed by atoms with van der Waals surface area (Å²) in [6.07, 6.45) is -1.32. The third-order valence-electron chi connectivity index (χ3n) is 1.75. The summed E-state index contributed by atoms with van der Waals surface area (Å²) < 4.78 is 25.8. The maximum Gasteiger partial charge on any atom is 0.130 e. The first-order valence-electron chi connectivity index (χ1n) is 3.97. The highest BCUT2D eigenvalue weighted by atomic mass is 19.1. The Morgan fingerprint density at radius 2 is 2.15 bits per heavy atom. The number of alkyl halides is 1. The minimum atomic E-state index is -1.40. The Morgan fingerprint density at radius 3 is 2.77 bits per heavy atom. The molecule has 72 valence electrons. The van der Waals surface area contributed by atoms with Crippen LogP contribution in [0.15, 0.2) is 18.2 Å². The van der Waals surface area contributed by atoms with Crippen molar-refractivity contribution in [2.24, 2.45) is 5.73 Å². The van der Waals surface area contributed by atoms with E-state index >= 15 is 0 Å². The van der Waals surface area contributed by atoms with E-state index in [9.17, 15) is 13.9 Å². The molecule has 0 heterocycles. The highest BCUT2D eigenvalue weighted by Gasteiger charge is 2.13. The molecule has 0 aliphatic rings. The lowest BCUT2D eigenvalue weighted by Gasteiger charge is -2.08. The number of rotatable bonds is 3. The van der Waals surface area contributed by atoms with Gasteiger partial charge >= 0.3 is 0 Å². The number of benzene rings is 1. The van der Waals surface area contributed by atoms with Gasteiger partial charge < -0.3 is 10.8 Å². The molecule has 0 amide bonds. The van der Waals surface area contributed by atoms with E-state index in [0.29, 0.717) is 0 Å². The van der Waals surface area contributed by atoms with Crippen LogP contribution in [0.5, 0.6) is 5.75 Å². The Bertz CT molecular complexity index is 291. The van der Waals surface area contributed by atoms with Crippen molar-refractivity contribution in [3.63, 3.8) is 0 Å². The topological polar surface area (TPSA) is 46.2 Å². The van der Waals surface area contributed by atoms with E-state index < -0.39 is 12.0 Å². The standard InChI is InChI=1S/C9H11F2NO/c10-6-1-2-9(13)7(5-6)8(11)3-4-12/h1-2,5,8,13H,3-4,12H2. The normalized spacial score (nSPS) is 12.8. The second-order valence-electron chi connectivity index (χ2n) is 2.75. The molecule has 1 aromatic rings. The third-order valence-corrected chi connectivity index (χ3v) is 1.75. The molecular formula is C9H11F2NO. The van der Waals surface area contributed by atoms with Crippen molar-refractivity contribution in [2.45, 2.75) is 12.6 Å². The summed E-state index contributed by atoms with van der Waals surface area (Å²) in [6, 6.07) is 3.19. The number of aromatic hydroxyl groups is 1. The van der Waals surface area contributed by atoms with Gasteiger partial charge in [-0.05, 0) is 31.2 Å². The van der Waals surface area contributed by atoms with Crippen molar-refractivity contribution in [1.82, 2.24) is 0 Å². The molecule has 0 bridgehead atoms. The minimum absolute atomic E-state index is 0.0366. The minimum Gasteiger partial charge on any atom is -0.508 e. The second-order valence-corrected chi connectivity index (χ2v) is 2.75. The molecule has 0 spiro atoms. The predicted octanol–water partition coefficient (Wildman–Crippen LogP) is 1.89. The molecule has 1 atom stereocenters. The number of halogens is 2. The summed E-state index contributed by atoms with van der Waals surface area (Å²) in [6.45, 7) is 0.164. The lowest BCUT2D eigenvalue weighted by molar-refractivity contribution is 0.314. The fourth-order valence-electron chi connectivity index (χ4n) is 1.08. The van der Waals surface area contributed by atoms with Gasteiger partial charge in [0.25, 0.3) is 0 Å². The molecule has 4 heteroatoms. The predicted molar refractivity (Wildman–Crippen MR) is 45.6 cm³/mol. The number of phenolic OH excluding ortho intramolecular Hbond substituents is 1. The maximum atomic E-state index is 13.2. The summed E-state index contributed by atoms with van der Waals surface area (Å²) >= 11 is 0. The van der Waals surface area contributed by atoms with Gasteiger partial charge in [-0.2, -0.15) is 0 Å². The number of nitrogens with two attached hydrogens (primary N) is 1. The quantitative estimate of drug-likeness (QED) is 0.759. The Morgan fingerprint density at radius 1 is 1.46 bits per heavy atom. The molecule has 0 aromatic heterocycles. The lowest BCUT2D eigenvalue weighted by Crippen LogP contribution is -2.04. The van der Waals surface area contributed by atoms with Gasteiger partial charge in [-0.15, -0.1) is 0 Å². The van der Waals surface area contributed by atoms with Crippen molar-refractivity contribution < 1.29 is 13.9 Å². The average Bonchev–Trinajstić information content (AvgIpc) is 2.09. The van der Waals surface area contributed by atoms with E-state index in [-0.39, 0.29) is 24.3 Å². The van der Waals surface area contributed by atoms with Crippen LogP contribution in [0.1, 0.15) is 18.2 Å². The van der Waals surface area contributed by atoms with Crippen LogP contribution in [0.25, 0.3) is 0 Å². The zero-order valence-corrected chi connectivity index (χ0v) is 7.00. The van der Waals surface area contributed by atoms with Crippen LogP contribution in [0, 0.1) is 5.82 Å². The third kappa shape index (κ3) is 2.39. The zero-order valence-electron chi connectivity index (χ0n) is 7.00. The first-order chi connectivity index (χ1) is 6.15. The van der Waals surface area contributed by atoms with Gasteiger partial charge in [-0.1, -0.05) is 0 Å². The monoisotopic (exact) mass is 187 g/mol. The fourth-order valence-corrected chi connectivity index (χ4v) is 1.08. The highest BCUT2D eigenvalue weighted by Crippen LogP contribution is 2.29. The van der Waals surface area contributed by atoms with E-state index in [1.807, 2.05) is 0 Å². The van der Waals surface area contributed by atoms with Gasteiger partial charge in [0.2, 0.25) is 0 Å². The average molecular weight is 187 g/mol. The van der Waals surface area contributed by atoms with Crippen molar-refractivity contribution in [2.75, 3.05) is 6.54 Å². The molecule has 0 aliphatic heterocycles. The molecule has 0 radical (unpaired) electrons. The molecule has 0 aliphatic carbocycles. The van der Waals surface area contributed by atoms with Gasteiger partial charge in [0, 0.05) is 5.56 Å². The van der Waals surface area contributed by atoms with Crippen LogP contribution < -0.4 is 5.73 Å². The zero-order chi connectivity index (χ0) is 9.84. The van der Waals surface area contributed by atoms with Gasteiger partial charge in [-0.25, -0.2) is 8.78 Å². The Hall–Kier alpha value is -1.16.